The Balaban J connectivity index is 1.24. The second-order valence-corrected chi connectivity index (χ2v) is 8.64. The van der Waals surface area contributed by atoms with Crippen LogP contribution >= 0.6 is 0 Å². The van der Waals surface area contributed by atoms with E-state index in [9.17, 15) is 9.59 Å². The van der Waals surface area contributed by atoms with Crippen LogP contribution in [0.3, 0.4) is 0 Å². The predicted molar refractivity (Wildman–Crippen MR) is 97.1 cm³/mol. The van der Waals surface area contributed by atoms with Gasteiger partial charge in [0.2, 0.25) is 11.8 Å². The standard InChI is InChI=1S/C20H33N3O2/c24-19(21-10-12-22(13-11-21)20(25)17-6-7-17)15-23(18-8-9-18)14-16-4-2-1-3-5-16/h16-18H,1-15H2. The molecule has 5 heteroatoms. The van der Waals surface area contributed by atoms with E-state index in [1.165, 1.54) is 44.9 Å². The summed E-state index contributed by atoms with van der Waals surface area (Å²) in [7, 11) is 0. The molecule has 25 heavy (non-hydrogen) atoms. The van der Waals surface area contributed by atoms with Gasteiger partial charge in [0, 0.05) is 44.7 Å². The first-order valence-electron chi connectivity index (χ1n) is 10.5. The van der Waals surface area contributed by atoms with Gasteiger partial charge in [-0.1, -0.05) is 19.3 Å². The van der Waals surface area contributed by atoms with Gasteiger partial charge in [-0.15, -0.1) is 0 Å². The maximum Gasteiger partial charge on any atom is 0.236 e. The highest BCUT2D eigenvalue weighted by Gasteiger charge is 2.36. The zero-order chi connectivity index (χ0) is 17.2. The third-order valence-corrected chi connectivity index (χ3v) is 6.49. The Bertz CT molecular complexity index is 487. The van der Waals surface area contributed by atoms with E-state index in [0.29, 0.717) is 24.4 Å². The lowest BCUT2D eigenvalue weighted by Crippen LogP contribution is -2.53. The topological polar surface area (TPSA) is 43.9 Å². The number of rotatable bonds is 6. The molecule has 0 aromatic heterocycles. The molecule has 0 bridgehead atoms. The van der Waals surface area contributed by atoms with E-state index >= 15 is 0 Å². The SMILES string of the molecule is O=C(CN(CC1CCCCC1)C1CC1)N1CCN(C(=O)C2CC2)CC1. The van der Waals surface area contributed by atoms with Gasteiger partial charge in [0.25, 0.3) is 0 Å². The van der Waals surface area contributed by atoms with Gasteiger partial charge < -0.3 is 9.80 Å². The molecule has 0 aromatic carbocycles. The molecule has 0 unspecified atom stereocenters. The van der Waals surface area contributed by atoms with Gasteiger partial charge in [-0.05, 0) is 44.4 Å². The van der Waals surface area contributed by atoms with Crippen LogP contribution in [-0.2, 0) is 9.59 Å². The molecule has 140 valence electrons. The Labute approximate surface area is 151 Å². The van der Waals surface area contributed by atoms with Crippen LogP contribution in [0.25, 0.3) is 0 Å². The normalized spacial score (nSPS) is 25.5. The van der Waals surface area contributed by atoms with Crippen LogP contribution in [0.5, 0.6) is 0 Å². The van der Waals surface area contributed by atoms with Gasteiger partial charge in [-0.3, -0.25) is 14.5 Å². The molecule has 0 spiro atoms. The molecule has 0 N–H and O–H groups in total. The molecule has 4 fully saturated rings. The summed E-state index contributed by atoms with van der Waals surface area (Å²) in [6.45, 7) is 4.62. The van der Waals surface area contributed by atoms with Crippen LogP contribution in [0.15, 0.2) is 0 Å². The zero-order valence-electron chi connectivity index (χ0n) is 15.5. The number of nitrogens with zero attached hydrogens (tertiary/aromatic N) is 3. The van der Waals surface area contributed by atoms with Crippen molar-refractivity contribution in [2.75, 3.05) is 39.3 Å². The minimum absolute atomic E-state index is 0.279. The first-order chi connectivity index (χ1) is 12.2. The largest absolute Gasteiger partial charge is 0.339 e. The van der Waals surface area contributed by atoms with Crippen molar-refractivity contribution >= 4 is 11.8 Å². The average Bonchev–Trinajstić information content (AvgIpc) is 3.54. The van der Waals surface area contributed by atoms with Crippen LogP contribution in [0, 0.1) is 11.8 Å². The Morgan fingerprint density at radius 2 is 1.44 bits per heavy atom. The number of amides is 2. The summed E-state index contributed by atoms with van der Waals surface area (Å²) in [6, 6.07) is 0.656. The summed E-state index contributed by atoms with van der Waals surface area (Å²) in [5.41, 5.74) is 0. The quantitative estimate of drug-likeness (QED) is 0.739. The summed E-state index contributed by atoms with van der Waals surface area (Å²) in [5.74, 6) is 1.70. The van der Waals surface area contributed by atoms with Crippen LogP contribution in [0.1, 0.15) is 57.8 Å². The average molecular weight is 348 g/mol. The lowest BCUT2D eigenvalue weighted by molar-refractivity contribution is -0.141. The molecule has 1 heterocycles. The van der Waals surface area contributed by atoms with E-state index in [2.05, 4.69) is 4.90 Å². The van der Waals surface area contributed by atoms with Crippen LogP contribution in [0.2, 0.25) is 0 Å². The molecule has 4 rings (SSSR count). The van der Waals surface area contributed by atoms with E-state index in [1.54, 1.807) is 0 Å². The van der Waals surface area contributed by atoms with Crippen molar-refractivity contribution in [3.05, 3.63) is 0 Å². The predicted octanol–water partition coefficient (Wildman–Crippen LogP) is 2.11. The van der Waals surface area contributed by atoms with E-state index in [4.69, 9.17) is 0 Å². The highest BCUT2D eigenvalue weighted by atomic mass is 16.2. The first kappa shape index (κ1) is 17.3. The fourth-order valence-electron chi connectivity index (χ4n) is 4.52. The fourth-order valence-corrected chi connectivity index (χ4v) is 4.52. The number of carbonyl (C=O) groups excluding carboxylic acids is 2. The Kier molecular flexibility index (Phi) is 5.30. The summed E-state index contributed by atoms with van der Waals surface area (Å²) >= 11 is 0. The van der Waals surface area contributed by atoms with E-state index < -0.39 is 0 Å². The number of carbonyl (C=O) groups is 2. The summed E-state index contributed by atoms with van der Waals surface area (Å²) < 4.78 is 0. The van der Waals surface area contributed by atoms with Gasteiger partial charge in [0.15, 0.2) is 0 Å². The molecule has 1 saturated heterocycles. The molecule has 2 amide bonds. The van der Waals surface area contributed by atoms with Crippen LogP contribution in [-0.4, -0.2) is 71.8 Å². The fraction of sp³-hybridized carbons (Fsp3) is 0.900. The van der Waals surface area contributed by atoms with Crippen molar-refractivity contribution in [3.8, 4) is 0 Å². The Morgan fingerprint density at radius 3 is 2.04 bits per heavy atom. The third-order valence-electron chi connectivity index (χ3n) is 6.49. The molecule has 3 aliphatic carbocycles. The smallest absolute Gasteiger partial charge is 0.236 e. The van der Waals surface area contributed by atoms with Gasteiger partial charge in [0.1, 0.15) is 0 Å². The van der Waals surface area contributed by atoms with Crippen molar-refractivity contribution in [3.63, 3.8) is 0 Å². The summed E-state index contributed by atoms with van der Waals surface area (Å²) in [5, 5.41) is 0. The molecular formula is C20H33N3O2. The minimum atomic E-state index is 0.279. The van der Waals surface area contributed by atoms with Crippen molar-refractivity contribution in [2.45, 2.75) is 63.8 Å². The molecule has 5 nitrogen and oxygen atoms in total. The monoisotopic (exact) mass is 347 g/mol. The minimum Gasteiger partial charge on any atom is -0.339 e. The second kappa shape index (κ2) is 7.65. The number of hydrogen-bond acceptors (Lipinski definition) is 3. The van der Waals surface area contributed by atoms with Crippen LogP contribution in [0.4, 0.5) is 0 Å². The first-order valence-corrected chi connectivity index (χ1v) is 10.5. The van der Waals surface area contributed by atoms with Gasteiger partial charge in [0.05, 0.1) is 6.54 Å². The molecule has 0 radical (unpaired) electrons. The molecule has 0 aromatic rings. The summed E-state index contributed by atoms with van der Waals surface area (Å²) in [4.78, 5) is 31.4. The van der Waals surface area contributed by atoms with E-state index in [0.717, 1.165) is 51.5 Å². The zero-order valence-corrected chi connectivity index (χ0v) is 15.5. The van der Waals surface area contributed by atoms with Crippen LogP contribution < -0.4 is 0 Å². The molecule has 1 aliphatic heterocycles. The van der Waals surface area contributed by atoms with E-state index in [-0.39, 0.29) is 5.91 Å². The third kappa shape index (κ3) is 4.55. The summed E-state index contributed by atoms with van der Waals surface area (Å²) in [6.07, 6.45) is 11.5. The van der Waals surface area contributed by atoms with Crippen molar-refractivity contribution in [1.82, 2.24) is 14.7 Å². The highest BCUT2D eigenvalue weighted by molar-refractivity contribution is 5.82. The van der Waals surface area contributed by atoms with Gasteiger partial charge in [-0.25, -0.2) is 0 Å². The lowest BCUT2D eigenvalue weighted by atomic mass is 9.89. The molecule has 0 atom stereocenters. The Morgan fingerprint density at radius 1 is 0.800 bits per heavy atom. The maximum absolute atomic E-state index is 12.8. The van der Waals surface area contributed by atoms with Crippen molar-refractivity contribution in [2.24, 2.45) is 11.8 Å². The van der Waals surface area contributed by atoms with E-state index in [1.807, 2.05) is 9.80 Å². The number of piperazine rings is 1. The van der Waals surface area contributed by atoms with Crippen molar-refractivity contribution in [1.29, 1.82) is 0 Å². The number of hydrogen-bond donors (Lipinski definition) is 0. The maximum atomic E-state index is 12.8. The van der Waals surface area contributed by atoms with Crippen molar-refractivity contribution < 1.29 is 9.59 Å². The molecule has 3 saturated carbocycles. The lowest BCUT2D eigenvalue weighted by Gasteiger charge is -2.36. The Hall–Kier alpha value is -1.10. The highest BCUT2D eigenvalue weighted by Crippen LogP contribution is 2.32. The molecular weight excluding hydrogens is 314 g/mol. The molecule has 4 aliphatic rings. The second-order valence-electron chi connectivity index (χ2n) is 8.64. The van der Waals surface area contributed by atoms with Gasteiger partial charge >= 0.3 is 0 Å². The van der Waals surface area contributed by atoms with Gasteiger partial charge in [-0.2, -0.15) is 0 Å².